The lowest BCUT2D eigenvalue weighted by Crippen LogP contribution is -2.38. The molecule has 2 aromatic carbocycles. The Hall–Kier alpha value is -3.27. The summed E-state index contributed by atoms with van der Waals surface area (Å²) in [6.45, 7) is 5.93. The standard InChI is InChI=1S/C26H28N4O4S/c1-17-23(35-25(27-17)18-7-5-4-6-8-18)15-30-24(16-29-9-11-34-12-10-29)28-20-14-22(33-3)21(32-2)13-19(20)26(30)31/h4-8,13-14H,9-12,15-16H2,1-3H3. The van der Waals surface area contributed by atoms with Gasteiger partial charge in [0.2, 0.25) is 0 Å². The summed E-state index contributed by atoms with van der Waals surface area (Å²) < 4.78 is 18.2. The Balaban J connectivity index is 1.60. The molecule has 1 aliphatic heterocycles. The minimum atomic E-state index is -0.103. The van der Waals surface area contributed by atoms with Crippen molar-refractivity contribution in [2.75, 3.05) is 40.5 Å². The first kappa shape index (κ1) is 23.5. The molecule has 1 aliphatic rings. The smallest absolute Gasteiger partial charge is 0.261 e. The fourth-order valence-corrected chi connectivity index (χ4v) is 5.32. The van der Waals surface area contributed by atoms with Gasteiger partial charge in [0.25, 0.3) is 5.56 Å². The van der Waals surface area contributed by atoms with Crippen molar-refractivity contribution in [1.29, 1.82) is 0 Å². The van der Waals surface area contributed by atoms with Gasteiger partial charge in [-0.25, -0.2) is 9.97 Å². The second kappa shape index (κ2) is 10.2. The van der Waals surface area contributed by atoms with Crippen LogP contribution >= 0.6 is 11.3 Å². The topological polar surface area (TPSA) is 78.7 Å². The summed E-state index contributed by atoms with van der Waals surface area (Å²) in [6.07, 6.45) is 0. The van der Waals surface area contributed by atoms with E-state index in [2.05, 4.69) is 17.0 Å². The predicted molar refractivity (Wildman–Crippen MR) is 137 cm³/mol. The summed E-state index contributed by atoms with van der Waals surface area (Å²) >= 11 is 1.61. The van der Waals surface area contributed by atoms with Gasteiger partial charge in [0.1, 0.15) is 10.8 Å². The molecule has 1 fully saturated rings. The van der Waals surface area contributed by atoms with E-state index in [1.54, 1.807) is 42.3 Å². The first-order valence-corrected chi connectivity index (χ1v) is 12.4. The molecule has 2 aromatic heterocycles. The number of thiazole rings is 1. The fraction of sp³-hybridized carbons (Fsp3) is 0.346. The number of methoxy groups -OCH3 is 2. The molecule has 0 spiro atoms. The quantitative estimate of drug-likeness (QED) is 0.389. The normalized spacial score (nSPS) is 14.4. The summed E-state index contributed by atoms with van der Waals surface area (Å²) in [5.41, 5.74) is 2.48. The average molecular weight is 493 g/mol. The number of fused-ring (bicyclic) bond motifs is 1. The summed E-state index contributed by atoms with van der Waals surface area (Å²) in [6, 6.07) is 13.6. The molecule has 0 amide bonds. The van der Waals surface area contributed by atoms with Crippen molar-refractivity contribution >= 4 is 22.2 Å². The zero-order chi connectivity index (χ0) is 24.4. The van der Waals surface area contributed by atoms with Crippen LogP contribution in [0, 0.1) is 6.92 Å². The van der Waals surface area contributed by atoms with Crippen molar-refractivity contribution in [3.63, 3.8) is 0 Å². The van der Waals surface area contributed by atoms with E-state index in [0.717, 1.165) is 34.2 Å². The molecule has 35 heavy (non-hydrogen) atoms. The first-order valence-electron chi connectivity index (χ1n) is 11.5. The van der Waals surface area contributed by atoms with Gasteiger partial charge in [-0.3, -0.25) is 14.3 Å². The van der Waals surface area contributed by atoms with Crippen molar-refractivity contribution in [3.05, 3.63) is 69.2 Å². The van der Waals surface area contributed by atoms with Gasteiger partial charge in [-0.05, 0) is 13.0 Å². The number of benzene rings is 2. The number of nitrogens with zero attached hydrogens (tertiary/aromatic N) is 4. The van der Waals surface area contributed by atoms with Crippen molar-refractivity contribution in [3.8, 4) is 22.1 Å². The molecule has 0 unspecified atom stereocenters. The lowest BCUT2D eigenvalue weighted by atomic mass is 10.2. The Bertz CT molecular complexity index is 1390. The Kier molecular flexibility index (Phi) is 6.81. The maximum Gasteiger partial charge on any atom is 0.261 e. The number of hydrogen-bond acceptors (Lipinski definition) is 8. The number of ether oxygens (including phenoxy) is 3. The molecule has 5 rings (SSSR count). The van der Waals surface area contributed by atoms with Crippen molar-refractivity contribution in [2.24, 2.45) is 0 Å². The summed E-state index contributed by atoms with van der Waals surface area (Å²) in [5.74, 6) is 1.77. The fourth-order valence-electron chi connectivity index (χ4n) is 4.26. The molecule has 8 nitrogen and oxygen atoms in total. The maximum atomic E-state index is 13.8. The second-order valence-electron chi connectivity index (χ2n) is 8.43. The summed E-state index contributed by atoms with van der Waals surface area (Å²) in [5, 5.41) is 1.44. The number of morpholine rings is 1. The Morgan fingerprint density at radius 3 is 2.43 bits per heavy atom. The van der Waals surface area contributed by atoms with Gasteiger partial charge in [0, 0.05) is 29.6 Å². The van der Waals surface area contributed by atoms with E-state index >= 15 is 0 Å². The molecule has 0 bridgehead atoms. The van der Waals surface area contributed by atoms with E-state index in [4.69, 9.17) is 24.2 Å². The second-order valence-corrected chi connectivity index (χ2v) is 9.51. The van der Waals surface area contributed by atoms with E-state index < -0.39 is 0 Å². The highest BCUT2D eigenvalue weighted by molar-refractivity contribution is 7.15. The van der Waals surface area contributed by atoms with Crippen LogP contribution in [0.25, 0.3) is 21.5 Å². The van der Waals surface area contributed by atoms with Gasteiger partial charge in [0.05, 0.1) is 57.1 Å². The van der Waals surface area contributed by atoms with E-state index in [9.17, 15) is 4.79 Å². The molecule has 0 saturated carbocycles. The maximum absolute atomic E-state index is 13.8. The lowest BCUT2D eigenvalue weighted by Gasteiger charge is -2.27. The summed E-state index contributed by atoms with van der Waals surface area (Å²) in [4.78, 5) is 26.8. The molecule has 182 valence electrons. The molecule has 0 aliphatic carbocycles. The predicted octanol–water partition coefficient (Wildman–Crippen LogP) is 3.73. The van der Waals surface area contributed by atoms with Gasteiger partial charge < -0.3 is 14.2 Å². The number of aryl methyl sites for hydroxylation is 1. The minimum Gasteiger partial charge on any atom is -0.493 e. The molecule has 4 aromatic rings. The summed E-state index contributed by atoms with van der Waals surface area (Å²) in [7, 11) is 3.14. The van der Waals surface area contributed by atoms with E-state index in [-0.39, 0.29) is 5.56 Å². The number of hydrogen-bond donors (Lipinski definition) is 0. The van der Waals surface area contributed by atoms with Crippen LogP contribution in [0.3, 0.4) is 0 Å². The SMILES string of the molecule is COc1cc2nc(CN3CCOCC3)n(Cc3sc(-c4ccccc4)nc3C)c(=O)c2cc1OC. The third kappa shape index (κ3) is 4.80. The van der Waals surface area contributed by atoms with Crippen molar-refractivity contribution in [2.45, 2.75) is 20.0 Å². The van der Waals surface area contributed by atoms with Crippen LogP contribution in [0.15, 0.2) is 47.3 Å². The van der Waals surface area contributed by atoms with Crippen LogP contribution in [0.5, 0.6) is 11.5 Å². The van der Waals surface area contributed by atoms with E-state index in [1.807, 2.05) is 25.1 Å². The zero-order valence-electron chi connectivity index (χ0n) is 20.1. The highest BCUT2D eigenvalue weighted by atomic mass is 32.1. The van der Waals surface area contributed by atoms with Gasteiger partial charge >= 0.3 is 0 Å². The third-order valence-electron chi connectivity index (χ3n) is 6.22. The van der Waals surface area contributed by atoms with Crippen molar-refractivity contribution in [1.82, 2.24) is 19.4 Å². The molecular formula is C26H28N4O4S. The van der Waals surface area contributed by atoms with Crippen LogP contribution in [0.1, 0.15) is 16.4 Å². The average Bonchev–Trinajstić information content (AvgIpc) is 3.26. The van der Waals surface area contributed by atoms with Crippen LogP contribution < -0.4 is 15.0 Å². The van der Waals surface area contributed by atoms with Gasteiger partial charge in [0.15, 0.2) is 11.5 Å². The lowest BCUT2D eigenvalue weighted by molar-refractivity contribution is 0.0325. The monoisotopic (exact) mass is 492 g/mol. The molecule has 0 atom stereocenters. The van der Waals surface area contributed by atoms with Crippen LogP contribution in [0.4, 0.5) is 0 Å². The molecular weight excluding hydrogens is 464 g/mol. The Labute approximate surface area is 207 Å². The molecule has 1 saturated heterocycles. The highest BCUT2D eigenvalue weighted by Gasteiger charge is 2.20. The van der Waals surface area contributed by atoms with Gasteiger partial charge in [-0.2, -0.15) is 0 Å². The first-order chi connectivity index (χ1) is 17.1. The molecule has 3 heterocycles. The Morgan fingerprint density at radius 2 is 1.71 bits per heavy atom. The largest absolute Gasteiger partial charge is 0.493 e. The van der Waals surface area contributed by atoms with Crippen LogP contribution in [-0.2, 0) is 17.8 Å². The molecule has 0 N–H and O–H groups in total. The van der Waals surface area contributed by atoms with Crippen LogP contribution in [0.2, 0.25) is 0 Å². The van der Waals surface area contributed by atoms with Gasteiger partial charge in [-0.15, -0.1) is 11.3 Å². The third-order valence-corrected chi connectivity index (χ3v) is 7.41. The minimum absolute atomic E-state index is 0.103. The number of rotatable bonds is 7. The van der Waals surface area contributed by atoms with Crippen molar-refractivity contribution < 1.29 is 14.2 Å². The molecule has 9 heteroatoms. The van der Waals surface area contributed by atoms with Crippen LogP contribution in [-0.4, -0.2) is 60.0 Å². The van der Waals surface area contributed by atoms with E-state index in [0.29, 0.717) is 54.5 Å². The Morgan fingerprint density at radius 1 is 1.00 bits per heavy atom. The zero-order valence-corrected chi connectivity index (χ0v) is 20.9. The highest BCUT2D eigenvalue weighted by Crippen LogP contribution is 2.31. The molecule has 0 radical (unpaired) electrons. The number of aromatic nitrogens is 3. The van der Waals surface area contributed by atoms with E-state index in [1.165, 1.54) is 0 Å². The van der Waals surface area contributed by atoms with Gasteiger partial charge in [-0.1, -0.05) is 30.3 Å².